The van der Waals surface area contributed by atoms with Crippen LogP contribution in [0.1, 0.15) is 0 Å². The molecule has 0 radical (unpaired) electrons. The van der Waals surface area contributed by atoms with Crippen molar-refractivity contribution in [3.63, 3.8) is 0 Å². The van der Waals surface area contributed by atoms with Crippen LogP contribution in [0, 0.1) is 0 Å². The fraction of sp³-hybridized carbons (Fsp3) is 0. The normalized spacial score (nSPS) is 6.87. The molecule has 0 unspecified atom stereocenters. The minimum Gasteiger partial charge on any atom is -0.907 e. The number of hydrogen-bond acceptors (Lipinski definition) is 15. The third-order valence-corrected chi connectivity index (χ3v) is 0.920. The zero-order valence-corrected chi connectivity index (χ0v) is 21.0. The van der Waals surface area contributed by atoms with Crippen LogP contribution in [0.25, 0.3) is 0 Å². The summed E-state index contributed by atoms with van der Waals surface area (Å²) in [6, 6.07) is 0. The van der Waals surface area contributed by atoms with Gasteiger partial charge in [-0.15, -0.1) is 0 Å². The number of rotatable bonds is 0. The standard InChI is InChI=1S/3C2F2O4.BO3.3Na/c3*3-7-1(5)2(6)8-4;2-1(3)4;;;/q;;;-3;3*+1. The van der Waals surface area contributed by atoms with Gasteiger partial charge in [0, 0.05) is 27.2 Å². The first kappa shape index (κ1) is 47.9. The van der Waals surface area contributed by atoms with Crippen molar-refractivity contribution >= 4 is 43.1 Å². The van der Waals surface area contributed by atoms with Crippen LogP contribution < -0.4 is 104 Å². The summed E-state index contributed by atoms with van der Waals surface area (Å²) in [5.41, 5.74) is 0. The Morgan fingerprint density at radius 2 is 0.484 bits per heavy atom. The van der Waals surface area contributed by atoms with Crippen LogP contribution in [0.3, 0.4) is 0 Å². The number of halogens is 6. The van der Waals surface area contributed by atoms with E-state index in [0.717, 1.165) is 0 Å². The number of carbonyl (C=O) groups excluding carboxylic acids is 6. The van der Waals surface area contributed by atoms with E-state index in [0.29, 0.717) is 0 Å². The molecule has 0 heterocycles. The van der Waals surface area contributed by atoms with Crippen LogP contribution >= 0.6 is 0 Å². The first-order chi connectivity index (χ1) is 12.9. The van der Waals surface area contributed by atoms with Crippen LogP contribution in [0.15, 0.2) is 0 Å². The van der Waals surface area contributed by atoms with E-state index in [1.807, 2.05) is 0 Å². The van der Waals surface area contributed by atoms with Gasteiger partial charge in [0.25, 0.3) is 0 Å². The summed E-state index contributed by atoms with van der Waals surface area (Å²) in [7, 11) is -2.92. The van der Waals surface area contributed by atoms with Gasteiger partial charge in [0.1, 0.15) is 0 Å². The Bertz CT molecular complexity index is 416. The molecule has 0 amide bonds. The average Bonchev–Trinajstić information content (AvgIpc) is 2.70. The Morgan fingerprint density at radius 1 is 0.419 bits per heavy atom. The van der Waals surface area contributed by atoms with Gasteiger partial charge in [0.15, 0.2) is 0 Å². The van der Waals surface area contributed by atoms with Crippen molar-refractivity contribution in [2.45, 2.75) is 0 Å². The predicted octanol–water partition coefficient (Wildman–Crippen LogP) is -13.4. The summed E-state index contributed by atoms with van der Waals surface area (Å²) in [6.45, 7) is 0. The molecule has 0 N–H and O–H groups in total. The molecule has 0 saturated carbocycles. The van der Waals surface area contributed by atoms with Gasteiger partial charge >= 0.3 is 124 Å². The van der Waals surface area contributed by atoms with Crippen molar-refractivity contribution in [3.05, 3.63) is 0 Å². The summed E-state index contributed by atoms with van der Waals surface area (Å²) >= 11 is 0. The second-order valence-corrected chi connectivity index (χ2v) is 2.48. The van der Waals surface area contributed by atoms with E-state index in [9.17, 15) is 55.9 Å². The zero-order valence-electron chi connectivity index (χ0n) is 15.0. The number of hydrogen-bond donors (Lipinski definition) is 0. The molecule has 0 rings (SSSR count). The van der Waals surface area contributed by atoms with Crippen LogP contribution in [-0.2, 0) is 58.4 Å². The van der Waals surface area contributed by atoms with Crippen molar-refractivity contribution in [1.82, 2.24) is 0 Å². The largest absolute Gasteiger partial charge is 1.00 e. The van der Waals surface area contributed by atoms with Crippen LogP contribution in [-0.4, -0.2) is 43.1 Å². The molecule has 0 aliphatic heterocycles. The fourth-order valence-corrected chi connectivity index (χ4v) is 0.189. The van der Waals surface area contributed by atoms with Crippen LogP contribution in [0.5, 0.6) is 0 Å². The maximum absolute atomic E-state index is 10.5. The maximum Gasteiger partial charge on any atom is 1.00 e. The second-order valence-electron chi connectivity index (χ2n) is 2.48. The molecule has 31 heavy (non-hydrogen) atoms. The predicted molar refractivity (Wildman–Crippen MR) is 49.0 cm³/mol. The Balaban J connectivity index is -0.0000000492. The van der Waals surface area contributed by atoms with Gasteiger partial charge in [-0.1, -0.05) is 0 Å². The smallest absolute Gasteiger partial charge is 0.907 e. The van der Waals surface area contributed by atoms with Crippen molar-refractivity contribution in [3.8, 4) is 0 Å². The number of carbonyl (C=O) groups is 6. The molecule has 0 aliphatic rings. The van der Waals surface area contributed by atoms with E-state index < -0.39 is 43.1 Å². The van der Waals surface area contributed by atoms with E-state index in [1.165, 1.54) is 0 Å². The van der Waals surface area contributed by atoms with Gasteiger partial charge in [0.05, 0.1) is 0 Å². The summed E-state index contributed by atoms with van der Waals surface area (Å²) < 4.78 is 63.0. The molecule has 15 nitrogen and oxygen atoms in total. The third-order valence-electron chi connectivity index (χ3n) is 0.920. The molecule has 0 aromatic carbocycles. The Kier molecular flexibility index (Phi) is 52.5. The summed E-state index contributed by atoms with van der Waals surface area (Å²) in [4.78, 5) is 70.1. The molecule has 162 valence electrons. The molecule has 0 spiro atoms. The molecule has 0 atom stereocenters. The van der Waals surface area contributed by atoms with Crippen molar-refractivity contribution < 1.29 is 189 Å². The Labute approximate surface area is 230 Å². The van der Waals surface area contributed by atoms with Gasteiger partial charge in [-0.2, -0.15) is 0 Å². The summed E-state index contributed by atoms with van der Waals surface area (Å²) in [5, 5.41) is 25.2. The quantitative estimate of drug-likeness (QED) is 0.169. The monoisotopic (exact) mass is 506 g/mol. The summed E-state index contributed by atoms with van der Waals surface area (Å²) in [5.74, 6) is -12.1. The minimum absolute atomic E-state index is 0. The molecule has 0 saturated heterocycles. The molecule has 0 fully saturated rings. The molecule has 0 aromatic heterocycles. The van der Waals surface area contributed by atoms with Gasteiger partial charge in [-0.3, -0.25) is 7.32 Å². The van der Waals surface area contributed by atoms with Gasteiger partial charge < -0.3 is 15.1 Å². The second kappa shape index (κ2) is 34.0. The van der Waals surface area contributed by atoms with Gasteiger partial charge in [-0.25, -0.2) is 58.4 Å². The Hall–Kier alpha value is -0.655. The van der Waals surface area contributed by atoms with Gasteiger partial charge in [-0.05, 0) is 0 Å². The van der Waals surface area contributed by atoms with E-state index in [-0.39, 0.29) is 88.7 Å². The molecule has 0 aliphatic carbocycles. The third kappa shape index (κ3) is 40.3. The molecule has 25 heteroatoms. The van der Waals surface area contributed by atoms with Crippen LogP contribution in [0.2, 0.25) is 0 Å². The van der Waals surface area contributed by atoms with Gasteiger partial charge in [0.2, 0.25) is 0 Å². The SMILES string of the molecule is O=C(OF)C(=O)OF.O=C(OF)C(=O)OF.O=C(OF)C(=O)OF.[Na+].[Na+].[Na+].[O-]B([O-])[O-]. The molecular weight excluding hydrogens is 506 g/mol. The van der Waals surface area contributed by atoms with Crippen LogP contribution in [0.4, 0.5) is 27.2 Å². The van der Waals surface area contributed by atoms with Crippen molar-refractivity contribution in [2.75, 3.05) is 0 Å². The van der Waals surface area contributed by atoms with E-state index in [1.54, 1.807) is 0 Å². The molecule has 0 aromatic rings. The minimum atomic E-state index is -2.92. The maximum atomic E-state index is 10.5. The Morgan fingerprint density at radius 3 is 0.516 bits per heavy atom. The molecular formula is C6BF6Na3O15. The zero-order chi connectivity index (χ0) is 23.3. The molecule has 0 bridgehead atoms. The topological polar surface area (TPSA) is 227 Å². The van der Waals surface area contributed by atoms with Crippen molar-refractivity contribution in [1.29, 1.82) is 0 Å². The van der Waals surface area contributed by atoms with E-state index in [2.05, 4.69) is 29.6 Å². The van der Waals surface area contributed by atoms with Crippen molar-refractivity contribution in [2.24, 2.45) is 0 Å². The van der Waals surface area contributed by atoms with E-state index >= 15 is 0 Å². The van der Waals surface area contributed by atoms with E-state index in [4.69, 9.17) is 15.1 Å². The summed E-state index contributed by atoms with van der Waals surface area (Å²) in [6.07, 6.45) is 0. The first-order valence-electron chi connectivity index (χ1n) is 4.83. The average molecular weight is 506 g/mol. The first-order valence-corrected chi connectivity index (χ1v) is 4.83. The fourth-order valence-electron chi connectivity index (χ4n) is 0.189.